The Morgan fingerprint density at radius 1 is 1.28 bits per heavy atom. The van der Waals surface area contributed by atoms with Crippen LogP contribution in [0.2, 0.25) is 0 Å². The van der Waals surface area contributed by atoms with E-state index in [0.717, 1.165) is 30.5 Å². The Morgan fingerprint density at radius 3 is 2.44 bits per heavy atom. The summed E-state index contributed by atoms with van der Waals surface area (Å²) in [5.74, 6) is 0.605. The Balaban J connectivity index is 2.42. The van der Waals surface area contributed by atoms with E-state index in [1.807, 2.05) is 0 Å². The van der Waals surface area contributed by atoms with Crippen LogP contribution in [0.1, 0.15) is 32.8 Å². The van der Waals surface area contributed by atoms with Gasteiger partial charge in [-0.15, -0.1) is 0 Å². The van der Waals surface area contributed by atoms with Gasteiger partial charge in [-0.25, -0.2) is 0 Å². The molecule has 0 amide bonds. The smallest absolute Gasteiger partial charge is 0.0175 e. The summed E-state index contributed by atoms with van der Waals surface area (Å²) in [6.45, 7) is 9.55. The highest BCUT2D eigenvalue weighted by Crippen LogP contribution is 2.23. The monoisotopic (exact) mass is 312 g/mol. The van der Waals surface area contributed by atoms with E-state index < -0.39 is 0 Å². The van der Waals surface area contributed by atoms with Gasteiger partial charge in [0.15, 0.2) is 0 Å². The molecule has 18 heavy (non-hydrogen) atoms. The molecule has 0 aliphatic carbocycles. The van der Waals surface area contributed by atoms with Crippen molar-refractivity contribution < 1.29 is 0 Å². The van der Waals surface area contributed by atoms with Crippen molar-refractivity contribution in [2.45, 2.75) is 32.6 Å². The van der Waals surface area contributed by atoms with E-state index in [1.54, 1.807) is 0 Å². The van der Waals surface area contributed by atoms with E-state index in [4.69, 9.17) is 5.73 Å². The second-order valence-corrected chi connectivity index (χ2v) is 6.61. The number of rotatable bonds is 7. The van der Waals surface area contributed by atoms with Crippen molar-refractivity contribution in [1.29, 1.82) is 0 Å². The molecule has 0 aromatic heterocycles. The van der Waals surface area contributed by atoms with Crippen LogP contribution in [0, 0.1) is 5.92 Å². The summed E-state index contributed by atoms with van der Waals surface area (Å²) in [6.07, 6.45) is 1.15. The van der Waals surface area contributed by atoms with Gasteiger partial charge in [0.25, 0.3) is 0 Å². The molecule has 0 aliphatic heterocycles. The van der Waals surface area contributed by atoms with Crippen LogP contribution in [-0.4, -0.2) is 19.6 Å². The minimum Gasteiger partial charge on any atom is -0.330 e. The van der Waals surface area contributed by atoms with E-state index in [1.165, 1.54) is 5.56 Å². The van der Waals surface area contributed by atoms with Crippen LogP contribution in [0.15, 0.2) is 28.7 Å². The van der Waals surface area contributed by atoms with Gasteiger partial charge in [-0.05, 0) is 43.1 Å². The van der Waals surface area contributed by atoms with Gasteiger partial charge in [0, 0.05) is 16.4 Å². The molecule has 3 N–H and O–H groups in total. The molecule has 0 aliphatic rings. The highest BCUT2D eigenvalue weighted by atomic mass is 79.9. The molecule has 0 fully saturated rings. The van der Waals surface area contributed by atoms with Crippen LogP contribution in [0.4, 0.5) is 0 Å². The molecule has 0 saturated carbocycles. The van der Waals surface area contributed by atoms with Crippen molar-refractivity contribution in [3.05, 3.63) is 34.3 Å². The first-order valence-electron chi connectivity index (χ1n) is 6.62. The predicted molar refractivity (Wildman–Crippen MR) is 82.9 cm³/mol. The normalized spacial score (nSPS) is 13.6. The van der Waals surface area contributed by atoms with Crippen LogP contribution in [0.3, 0.4) is 0 Å². The first-order valence-corrected chi connectivity index (χ1v) is 7.42. The maximum atomic E-state index is 5.61. The van der Waals surface area contributed by atoms with Crippen molar-refractivity contribution in [3.63, 3.8) is 0 Å². The lowest BCUT2D eigenvalue weighted by atomic mass is 9.84. The second kappa shape index (κ2) is 7.27. The lowest BCUT2D eigenvalue weighted by Gasteiger charge is -2.26. The maximum absolute atomic E-state index is 5.61. The van der Waals surface area contributed by atoms with Gasteiger partial charge in [-0.1, -0.05) is 48.8 Å². The van der Waals surface area contributed by atoms with Gasteiger partial charge >= 0.3 is 0 Å². The van der Waals surface area contributed by atoms with Crippen molar-refractivity contribution in [2.75, 3.05) is 19.6 Å². The topological polar surface area (TPSA) is 38.0 Å². The SMILES string of the molecule is CC(CN)CCNCC(C)(C)c1ccc(Br)cc1. The summed E-state index contributed by atoms with van der Waals surface area (Å²) in [7, 11) is 0. The Morgan fingerprint density at radius 2 is 1.89 bits per heavy atom. The van der Waals surface area contributed by atoms with Gasteiger partial charge < -0.3 is 11.1 Å². The summed E-state index contributed by atoms with van der Waals surface area (Å²) in [5, 5.41) is 3.54. The van der Waals surface area contributed by atoms with Gasteiger partial charge in [0.05, 0.1) is 0 Å². The summed E-state index contributed by atoms with van der Waals surface area (Å²) < 4.78 is 1.13. The van der Waals surface area contributed by atoms with Crippen molar-refractivity contribution in [1.82, 2.24) is 5.32 Å². The highest BCUT2D eigenvalue weighted by Gasteiger charge is 2.19. The van der Waals surface area contributed by atoms with E-state index in [-0.39, 0.29) is 5.41 Å². The Labute approximate surface area is 119 Å². The van der Waals surface area contributed by atoms with E-state index in [9.17, 15) is 0 Å². The van der Waals surface area contributed by atoms with E-state index in [2.05, 4.69) is 66.3 Å². The summed E-state index contributed by atoms with van der Waals surface area (Å²) in [5.41, 5.74) is 7.14. The summed E-state index contributed by atoms with van der Waals surface area (Å²) in [6, 6.07) is 8.59. The largest absolute Gasteiger partial charge is 0.330 e. The zero-order chi connectivity index (χ0) is 13.6. The highest BCUT2D eigenvalue weighted by molar-refractivity contribution is 9.10. The van der Waals surface area contributed by atoms with Crippen molar-refractivity contribution in [3.8, 4) is 0 Å². The molecule has 102 valence electrons. The average Bonchev–Trinajstić information content (AvgIpc) is 2.35. The first kappa shape index (κ1) is 15.7. The van der Waals surface area contributed by atoms with Gasteiger partial charge in [-0.3, -0.25) is 0 Å². The molecule has 1 unspecified atom stereocenters. The molecule has 1 aromatic carbocycles. The molecule has 0 radical (unpaired) electrons. The maximum Gasteiger partial charge on any atom is 0.0175 e. The standard InChI is InChI=1S/C15H25BrN2/c1-12(10-17)8-9-18-11-15(2,3)13-4-6-14(16)7-5-13/h4-7,12,18H,8-11,17H2,1-3H3. The van der Waals surface area contributed by atoms with Crippen LogP contribution < -0.4 is 11.1 Å². The van der Waals surface area contributed by atoms with Crippen molar-refractivity contribution in [2.24, 2.45) is 11.7 Å². The summed E-state index contributed by atoms with van der Waals surface area (Å²) in [4.78, 5) is 0. The third-order valence-corrected chi connectivity index (χ3v) is 3.94. The molecule has 0 saturated heterocycles. The minimum atomic E-state index is 0.159. The molecular weight excluding hydrogens is 288 g/mol. The third kappa shape index (κ3) is 5.09. The van der Waals surface area contributed by atoms with Gasteiger partial charge in [-0.2, -0.15) is 0 Å². The molecule has 0 bridgehead atoms. The fraction of sp³-hybridized carbons (Fsp3) is 0.600. The number of hydrogen-bond acceptors (Lipinski definition) is 2. The Bertz CT molecular complexity index is 346. The minimum absolute atomic E-state index is 0.159. The fourth-order valence-corrected chi connectivity index (χ4v) is 2.13. The molecule has 1 aromatic rings. The van der Waals surface area contributed by atoms with Gasteiger partial charge in [0.1, 0.15) is 0 Å². The average molecular weight is 313 g/mol. The Kier molecular flexibility index (Phi) is 6.33. The van der Waals surface area contributed by atoms with Crippen LogP contribution in [0.25, 0.3) is 0 Å². The number of hydrogen-bond donors (Lipinski definition) is 2. The number of halogens is 1. The molecular formula is C15H25BrN2. The third-order valence-electron chi connectivity index (χ3n) is 3.41. The number of nitrogens with one attached hydrogen (secondary N) is 1. The lowest BCUT2D eigenvalue weighted by molar-refractivity contribution is 0.441. The quantitative estimate of drug-likeness (QED) is 0.758. The second-order valence-electron chi connectivity index (χ2n) is 5.70. The fourth-order valence-electron chi connectivity index (χ4n) is 1.87. The van der Waals surface area contributed by atoms with Crippen LogP contribution in [-0.2, 0) is 5.41 Å². The first-order chi connectivity index (χ1) is 8.45. The molecule has 1 atom stereocenters. The Hall–Kier alpha value is -0.380. The lowest BCUT2D eigenvalue weighted by Crippen LogP contribution is -2.34. The van der Waals surface area contributed by atoms with E-state index in [0.29, 0.717) is 5.92 Å². The zero-order valence-corrected chi connectivity index (χ0v) is 13.3. The molecule has 2 nitrogen and oxygen atoms in total. The predicted octanol–water partition coefficient (Wildman–Crippen LogP) is 3.30. The molecule has 0 heterocycles. The number of nitrogens with two attached hydrogens (primary N) is 1. The van der Waals surface area contributed by atoms with Gasteiger partial charge in [0.2, 0.25) is 0 Å². The molecule has 1 rings (SSSR count). The molecule has 3 heteroatoms. The van der Waals surface area contributed by atoms with Crippen molar-refractivity contribution >= 4 is 15.9 Å². The number of benzene rings is 1. The van der Waals surface area contributed by atoms with Crippen LogP contribution >= 0.6 is 15.9 Å². The van der Waals surface area contributed by atoms with Crippen LogP contribution in [0.5, 0.6) is 0 Å². The molecule has 0 spiro atoms. The zero-order valence-electron chi connectivity index (χ0n) is 11.7. The van der Waals surface area contributed by atoms with E-state index >= 15 is 0 Å². The summed E-state index contributed by atoms with van der Waals surface area (Å²) >= 11 is 3.47.